The molecule has 0 bridgehead atoms. The Balaban J connectivity index is 1.71. The van der Waals surface area contributed by atoms with Gasteiger partial charge < -0.3 is 14.0 Å². The number of pyridine rings is 1. The fraction of sp³-hybridized carbons (Fsp3) is 0.200. The highest BCUT2D eigenvalue weighted by molar-refractivity contribution is 7.80. The SMILES string of the molecule is O=C(O)CC=CCC(c1ccc(CCN(c2ccc(Cl)cc2)S(=O)[O-])cc1)c1cccnc1. The first-order valence-corrected chi connectivity index (χ1v) is 11.8. The first-order chi connectivity index (χ1) is 15.9. The van der Waals surface area contributed by atoms with E-state index in [1.165, 1.54) is 4.31 Å². The number of aromatic nitrogens is 1. The number of rotatable bonds is 11. The molecule has 0 fully saturated rings. The van der Waals surface area contributed by atoms with Crippen LogP contribution in [0, 0.1) is 0 Å². The summed E-state index contributed by atoms with van der Waals surface area (Å²) in [6.07, 6.45) is 8.27. The normalized spacial score (nSPS) is 13.0. The monoisotopic (exact) mass is 483 g/mol. The van der Waals surface area contributed by atoms with Gasteiger partial charge in [-0.15, -0.1) is 0 Å². The molecule has 0 amide bonds. The minimum absolute atomic E-state index is 0.0100. The van der Waals surface area contributed by atoms with Crippen LogP contribution in [0.5, 0.6) is 0 Å². The number of aliphatic carboxylic acids is 1. The van der Waals surface area contributed by atoms with Crippen LogP contribution in [0.3, 0.4) is 0 Å². The second-order valence-corrected chi connectivity index (χ2v) is 8.74. The number of hydrogen-bond acceptors (Lipinski definition) is 4. The zero-order valence-electron chi connectivity index (χ0n) is 17.8. The lowest BCUT2D eigenvalue weighted by molar-refractivity contribution is -0.136. The van der Waals surface area contributed by atoms with Crippen LogP contribution < -0.4 is 4.31 Å². The number of carboxylic acid groups (broad SMARTS) is 1. The third-order valence-electron chi connectivity index (χ3n) is 5.20. The van der Waals surface area contributed by atoms with Gasteiger partial charge in [0.05, 0.1) is 6.42 Å². The average Bonchev–Trinajstić information content (AvgIpc) is 2.81. The van der Waals surface area contributed by atoms with Crippen molar-refractivity contribution in [3.8, 4) is 0 Å². The van der Waals surface area contributed by atoms with Gasteiger partial charge in [-0.1, -0.05) is 54.1 Å². The topological polar surface area (TPSA) is 93.6 Å². The van der Waals surface area contributed by atoms with Gasteiger partial charge in [-0.05, 0) is 59.9 Å². The molecular weight excluding hydrogens is 460 g/mol. The van der Waals surface area contributed by atoms with Gasteiger partial charge in [0, 0.05) is 46.8 Å². The van der Waals surface area contributed by atoms with Gasteiger partial charge >= 0.3 is 5.97 Å². The number of hydrogen-bond donors (Lipinski definition) is 1. The van der Waals surface area contributed by atoms with Gasteiger partial charge in [0.1, 0.15) is 0 Å². The predicted octanol–water partition coefficient (Wildman–Crippen LogP) is 5.13. The van der Waals surface area contributed by atoms with E-state index in [1.54, 1.807) is 36.5 Å². The Morgan fingerprint density at radius 2 is 1.82 bits per heavy atom. The molecule has 2 atom stereocenters. The molecular formula is C25H24ClN2O4S-. The highest BCUT2D eigenvalue weighted by Crippen LogP contribution is 2.28. The van der Waals surface area contributed by atoms with E-state index in [9.17, 15) is 13.6 Å². The maximum absolute atomic E-state index is 11.7. The zero-order valence-corrected chi connectivity index (χ0v) is 19.4. The zero-order chi connectivity index (χ0) is 23.6. The van der Waals surface area contributed by atoms with Crippen molar-refractivity contribution < 1.29 is 18.7 Å². The van der Waals surface area contributed by atoms with Gasteiger partial charge in [0.25, 0.3) is 0 Å². The summed E-state index contributed by atoms with van der Waals surface area (Å²) in [5.41, 5.74) is 3.69. The minimum atomic E-state index is -2.40. The molecule has 0 aliphatic carbocycles. The van der Waals surface area contributed by atoms with Crippen molar-refractivity contribution in [2.45, 2.75) is 25.2 Å². The van der Waals surface area contributed by atoms with Crippen LogP contribution in [0.2, 0.25) is 5.02 Å². The van der Waals surface area contributed by atoms with E-state index in [2.05, 4.69) is 4.98 Å². The summed E-state index contributed by atoms with van der Waals surface area (Å²) in [5, 5.41) is 9.39. The highest BCUT2D eigenvalue weighted by atomic mass is 35.5. The predicted molar refractivity (Wildman–Crippen MR) is 130 cm³/mol. The van der Waals surface area contributed by atoms with Crippen molar-refractivity contribution in [3.05, 3.63) is 107 Å². The number of anilines is 1. The van der Waals surface area contributed by atoms with Crippen LogP contribution in [-0.2, 0) is 22.5 Å². The summed E-state index contributed by atoms with van der Waals surface area (Å²) < 4.78 is 24.7. The first-order valence-electron chi connectivity index (χ1n) is 10.4. The van der Waals surface area contributed by atoms with Gasteiger partial charge in [-0.2, -0.15) is 0 Å². The van der Waals surface area contributed by atoms with Crippen LogP contribution in [0.25, 0.3) is 0 Å². The number of halogens is 1. The van der Waals surface area contributed by atoms with E-state index in [4.69, 9.17) is 16.7 Å². The van der Waals surface area contributed by atoms with E-state index in [1.807, 2.05) is 48.7 Å². The van der Waals surface area contributed by atoms with E-state index in [0.29, 0.717) is 30.1 Å². The molecule has 0 saturated heterocycles. The molecule has 0 saturated carbocycles. The summed E-state index contributed by atoms with van der Waals surface area (Å²) >= 11 is 3.50. The highest BCUT2D eigenvalue weighted by Gasteiger charge is 2.14. The van der Waals surface area contributed by atoms with Crippen molar-refractivity contribution in [2.24, 2.45) is 0 Å². The second kappa shape index (κ2) is 12.3. The molecule has 0 aliphatic rings. The van der Waals surface area contributed by atoms with Gasteiger partial charge in [-0.3, -0.25) is 14.0 Å². The lowest BCUT2D eigenvalue weighted by atomic mass is 9.88. The average molecular weight is 484 g/mol. The molecule has 0 spiro atoms. The molecule has 8 heteroatoms. The van der Waals surface area contributed by atoms with Crippen molar-refractivity contribution in [1.82, 2.24) is 4.98 Å². The largest absolute Gasteiger partial charge is 0.755 e. The van der Waals surface area contributed by atoms with Gasteiger partial charge in [0.2, 0.25) is 0 Å². The molecule has 1 aromatic heterocycles. The summed E-state index contributed by atoms with van der Waals surface area (Å²) in [5.74, 6) is -0.822. The number of nitrogens with zero attached hydrogens (tertiary/aromatic N) is 2. The van der Waals surface area contributed by atoms with Crippen molar-refractivity contribution >= 4 is 34.5 Å². The number of benzene rings is 2. The molecule has 3 rings (SSSR count). The quantitative estimate of drug-likeness (QED) is 0.301. The Kier molecular flexibility index (Phi) is 9.18. The molecule has 0 radical (unpaired) electrons. The minimum Gasteiger partial charge on any atom is -0.755 e. The van der Waals surface area contributed by atoms with Crippen LogP contribution in [-0.4, -0.2) is 31.4 Å². The first kappa shape index (κ1) is 24.6. The van der Waals surface area contributed by atoms with Crippen LogP contribution in [0.1, 0.15) is 35.4 Å². The fourth-order valence-corrected chi connectivity index (χ4v) is 4.17. The molecule has 33 heavy (non-hydrogen) atoms. The summed E-state index contributed by atoms with van der Waals surface area (Å²) in [7, 11) is 0. The fourth-order valence-electron chi connectivity index (χ4n) is 3.51. The third-order valence-corrected chi connectivity index (χ3v) is 6.20. The maximum Gasteiger partial charge on any atom is 0.307 e. The Morgan fingerprint density at radius 3 is 2.42 bits per heavy atom. The van der Waals surface area contributed by atoms with Gasteiger partial charge in [-0.25, -0.2) is 0 Å². The van der Waals surface area contributed by atoms with E-state index < -0.39 is 17.2 Å². The Bertz CT molecular complexity index is 1090. The maximum atomic E-state index is 11.7. The number of carboxylic acids is 1. The molecule has 3 aromatic rings. The molecule has 2 aromatic carbocycles. The third kappa shape index (κ3) is 7.53. The van der Waals surface area contributed by atoms with Crippen LogP contribution >= 0.6 is 11.6 Å². The summed E-state index contributed by atoms with van der Waals surface area (Å²) in [4.78, 5) is 15.0. The molecule has 1 N–H and O–H groups in total. The Morgan fingerprint density at radius 1 is 1.09 bits per heavy atom. The standard InChI is InChI=1S/C25H25ClN2O4S/c26-22-11-13-23(14-12-22)28(33(31)32)17-15-19-7-9-20(10-8-19)24(5-1-2-6-25(29)30)21-4-3-16-27-18-21/h1-4,7-14,16,18,24H,5-6,15,17H2,(H,29,30)(H,31,32)/p-1. The van der Waals surface area contributed by atoms with E-state index in [-0.39, 0.29) is 12.3 Å². The van der Waals surface area contributed by atoms with E-state index >= 15 is 0 Å². The molecule has 0 aliphatic heterocycles. The molecule has 2 unspecified atom stereocenters. The molecule has 1 heterocycles. The second-order valence-electron chi connectivity index (χ2n) is 7.43. The lowest BCUT2D eigenvalue weighted by Crippen LogP contribution is -2.27. The van der Waals surface area contributed by atoms with Gasteiger partial charge in [0.15, 0.2) is 0 Å². The summed E-state index contributed by atoms with van der Waals surface area (Å²) in [6, 6.07) is 18.6. The number of allylic oxidation sites excluding steroid dienone is 1. The smallest absolute Gasteiger partial charge is 0.307 e. The Hall–Kier alpha value is -3.00. The van der Waals surface area contributed by atoms with Crippen molar-refractivity contribution in [1.29, 1.82) is 0 Å². The van der Waals surface area contributed by atoms with Crippen molar-refractivity contribution in [2.75, 3.05) is 10.8 Å². The number of carbonyl (C=O) groups is 1. The van der Waals surface area contributed by atoms with Crippen LogP contribution in [0.15, 0.2) is 85.2 Å². The summed E-state index contributed by atoms with van der Waals surface area (Å²) in [6.45, 7) is 0.307. The molecule has 6 nitrogen and oxygen atoms in total. The van der Waals surface area contributed by atoms with Crippen molar-refractivity contribution in [3.63, 3.8) is 0 Å². The lowest BCUT2D eigenvalue weighted by Gasteiger charge is -2.26. The Labute approximate surface area is 201 Å². The van der Waals surface area contributed by atoms with E-state index in [0.717, 1.165) is 16.7 Å². The molecule has 172 valence electrons. The van der Waals surface area contributed by atoms with Crippen LogP contribution in [0.4, 0.5) is 5.69 Å².